The predicted octanol–water partition coefficient (Wildman–Crippen LogP) is 11.4. The largest absolute Gasteiger partial charge is 0.308 e. The summed E-state index contributed by atoms with van der Waals surface area (Å²) in [5.74, 6) is -0.849. The smallest absolute Gasteiger partial charge is 0.268 e. The molecule has 56 heavy (non-hydrogen) atoms. The lowest BCUT2D eigenvalue weighted by atomic mass is 9.97. The minimum atomic E-state index is -0.436. The Kier molecular flexibility index (Phi) is 7.81. The number of fused-ring (bicyclic) bond motifs is 4. The number of aromatic nitrogens is 1. The Morgan fingerprint density at radius 3 is 1.86 bits per heavy atom. The summed E-state index contributed by atoms with van der Waals surface area (Å²) < 4.78 is 1.98. The molecule has 2 heterocycles. The van der Waals surface area contributed by atoms with Gasteiger partial charge in [-0.25, -0.2) is 14.6 Å². The van der Waals surface area contributed by atoms with Crippen LogP contribution in [0.1, 0.15) is 31.8 Å². The van der Waals surface area contributed by atoms with Gasteiger partial charge in [0.15, 0.2) is 11.4 Å². The molecule has 9 rings (SSSR count). The van der Waals surface area contributed by atoms with E-state index in [0.717, 1.165) is 44.1 Å². The second-order valence-electron chi connectivity index (χ2n) is 13.3. The van der Waals surface area contributed by atoms with Crippen molar-refractivity contribution in [2.45, 2.75) is 0 Å². The van der Waals surface area contributed by atoms with Crippen molar-refractivity contribution < 1.29 is 9.59 Å². The minimum absolute atomic E-state index is 0.278. The molecule has 8 nitrogen and oxygen atoms in total. The van der Waals surface area contributed by atoms with Crippen molar-refractivity contribution in [3.8, 4) is 51.2 Å². The Balaban J connectivity index is 1.24. The normalized spacial score (nSPS) is 11.9. The number of rotatable bonds is 5. The fourth-order valence-corrected chi connectivity index (χ4v) is 7.62. The molecule has 0 atom stereocenters. The molecule has 0 N–H and O–H groups in total. The van der Waals surface area contributed by atoms with Gasteiger partial charge < -0.3 is 4.57 Å². The van der Waals surface area contributed by atoms with E-state index in [-0.39, 0.29) is 5.56 Å². The predicted molar refractivity (Wildman–Crippen MR) is 217 cm³/mol. The van der Waals surface area contributed by atoms with E-state index in [4.69, 9.17) is 13.1 Å². The lowest BCUT2D eigenvalue weighted by Gasteiger charge is -2.15. The summed E-state index contributed by atoms with van der Waals surface area (Å²) in [7, 11) is 0. The number of amides is 2. The lowest BCUT2D eigenvalue weighted by Crippen LogP contribution is -2.29. The topological polar surface area (TPSA) is 98.6 Å². The van der Waals surface area contributed by atoms with Crippen LogP contribution >= 0.6 is 0 Å². The SMILES string of the molecule is [C-]#[N+]c1ccc(-c2ccc3c(c2)c2cc(-c4ccc(C#N)cc4[N+]#[C-])ccc2n3-c2cccc3c2C(=O)N(c2ccc(-c4ccccc4)cc2)C3=O)c(C#N)c1. The lowest BCUT2D eigenvalue weighted by molar-refractivity contribution is 0.0926. The van der Waals surface area contributed by atoms with Crippen LogP contribution in [-0.2, 0) is 0 Å². The highest BCUT2D eigenvalue weighted by molar-refractivity contribution is 6.36. The Labute approximate surface area is 321 Å². The van der Waals surface area contributed by atoms with Gasteiger partial charge in [0.2, 0.25) is 0 Å². The van der Waals surface area contributed by atoms with Crippen LogP contribution in [0.5, 0.6) is 0 Å². The minimum Gasteiger partial charge on any atom is -0.308 e. The van der Waals surface area contributed by atoms with Crippen LogP contribution in [0.3, 0.4) is 0 Å². The zero-order valence-electron chi connectivity index (χ0n) is 29.4. The van der Waals surface area contributed by atoms with E-state index in [1.165, 1.54) is 4.90 Å². The molecule has 1 aromatic heterocycles. The van der Waals surface area contributed by atoms with Gasteiger partial charge in [0.25, 0.3) is 11.8 Å². The molecule has 0 unspecified atom stereocenters. The first-order chi connectivity index (χ1) is 27.4. The summed E-state index contributed by atoms with van der Waals surface area (Å²) in [6.07, 6.45) is 0. The third-order valence-electron chi connectivity index (χ3n) is 10.3. The molecule has 1 aliphatic rings. The quantitative estimate of drug-likeness (QED) is 0.131. The highest BCUT2D eigenvalue weighted by Crippen LogP contribution is 2.42. The molecule has 8 heteroatoms. The molecule has 0 aliphatic carbocycles. The van der Waals surface area contributed by atoms with Crippen LogP contribution in [0.2, 0.25) is 0 Å². The number of hydrogen-bond acceptors (Lipinski definition) is 4. The molecule has 0 saturated carbocycles. The first kappa shape index (κ1) is 33.3. The maximum Gasteiger partial charge on any atom is 0.268 e. The summed E-state index contributed by atoms with van der Waals surface area (Å²) in [5.41, 5.74) is 9.35. The zero-order chi connectivity index (χ0) is 38.5. The van der Waals surface area contributed by atoms with Gasteiger partial charge in [0, 0.05) is 21.9 Å². The fraction of sp³-hybridized carbons (Fsp3) is 0. The van der Waals surface area contributed by atoms with E-state index in [2.05, 4.69) is 21.8 Å². The highest BCUT2D eigenvalue weighted by atomic mass is 16.2. The molecule has 0 radical (unpaired) electrons. The molecular weight excluding hydrogens is 693 g/mol. The van der Waals surface area contributed by atoms with E-state index < -0.39 is 11.8 Å². The maximum atomic E-state index is 14.5. The number of carbonyl (C=O) groups is 2. The van der Waals surface area contributed by atoms with Crippen molar-refractivity contribution in [1.82, 2.24) is 4.57 Å². The van der Waals surface area contributed by atoms with Crippen LogP contribution in [0.15, 0.2) is 146 Å². The second kappa shape index (κ2) is 13.1. The molecule has 2 amide bonds. The number of nitrogens with zero attached hydrogens (tertiary/aromatic N) is 6. The van der Waals surface area contributed by atoms with Crippen LogP contribution in [0.4, 0.5) is 17.1 Å². The van der Waals surface area contributed by atoms with Crippen LogP contribution < -0.4 is 4.90 Å². The number of carbonyl (C=O) groups excluding carboxylic acids is 2. The van der Waals surface area contributed by atoms with Crippen molar-refractivity contribution in [3.63, 3.8) is 0 Å². The molecule has 7 aromatic carbocycles. The first-order valence-corrected chi connectivity index (χ1v) is 17.5. The Morgan fingerprint density at radius 1 is 0.536 bits per heavy atom. The summed E-state index contributed by atoms with van der Waals surface area (Å²) >= 11 is 0. The number of benzene rings is 7. The number of anilines is 1. The zero-order valence-corrected chi connectivity index (χ0v) is 29.4. The Bertz CT molecular complexity index is 3040. The van der Waals surface area contributed by atoms with Crippen molar-refractivity contribution >= 4 is 50.7 Å². The molecule has 0 spiro atoms. The summed E-state index contributed by atoms with van der Waals surface area (Å²) in [5, 5.41) is 21.1. The fourth-order valence-electron chi connectivity index (χ4n) is 7.62. The van der Waals surface area contributed by atoms with Crippen molar-refractivity contribution in [3.05, 3.63) is 191 Å². The monoisotopic (exact) mass is 716 g/mol. The number of nitriles is 2. The van der Waals surface area contributed by atoms with E-state index in [9.17, 15) is 20.1 Å². The molecule has 0 fully saturated rings. The third-order valence-corrected chi connectivity index (χ3v) is 10.3. The van der Waals surface area contributed by atoms with Gasteiger partial charge in [-0.05, 0) is 100 Å². The maximum absolute atomic E-state index is 14.5. The van der Waals surface area contributed by atoms with Gasteiger partial charge in [0.1, 0.15) is 0 Å². The molecule has 8 aromatic rings. The molecule has 0 saturated heterocycles. The van der Waals surface area contributed by atoms with Crippen molar-refractivity contribution in [2.24, 2.45) is 0 Å². The Morgan fingerprint density at radius 2 is 1.20 bits per heavy atom. The van der Waals surface area contributed by atoms with Crippen LogP contribution in [0.25, 0.3) is 70.6 Å². The summed E-state index contributed by atoms with van der Waals surface area (Å²) in [6.45, 7) is 15.3. The summed E-state index contributed by atoms with van der Waals surface area (Å²) in [4.78, 5) is 36.9. The van der Waals surface area contributed by atoms with Crippen LogP contribution in [-0.4, -0.2) is 16.4 Å². The van der Waals surface area contributed by atoms with Gasteiger partial charge >= 0.3 is 0 Å². The van der Waals surface area contributed by atoms with E-state index in [0.29, 0.717) is 50.6 Å². The standard InChI is InChI=1S/C48H24N6O2/c1-51-35-16-20-37(34(24-35)28-50)32-14-21-43-40(25-32)41-26-33(38-19-11-29(27-49)23-42(38)52-2)15-22-44(41)54(43)45-10-6-9-39-46(45)48(56)53(47(39)55)36-17-12-31(13-18-36)30-7-4-3-5-8-30/h3-26H. The third kappa shape index (κ3) is 5.19. The van der Waals surface area contributed by atoms with Crippen molar-refractivity contribution in [2.75, 3.05) is 4.90 Å². The van der Waals surface area contributed by atoms with Gasteiger partial charge in [-0.2, -0.15) is 10.5 Å². The van der Waals surface area contributed by atoms with Gasteiger partial charge in [-0.3, -0.25) is 9.59 Å². The van der Waals surface area contributed by atoms with E-state index in [1.54, 1.807) is 60.7 Å². The van der Waals surface area contributed by atoms with E-state index in [1.807, 2.05) is 89.5 Å². The molecule has 1 aliphatic heterocycles. The van der Waals surface area contributed by atoms with E-state index >= 15 is 0 Å². The highest BCUT2D eigenvalue weighted by Gasteiger charge is 2.39. The summed E-state index contributed by atoms with van der Waals surface area (Å²) in [6, 6.07) is 48.6. The number of imide groups is 1. The van der Waals surface area contributed by atoms with Gasteiger partial charge in [-0.1, -0.05) is 78.9 Å². The first-order valence-electron chi connectivity index (χ1n) is 17.5. The molecule has 258 valence electrons. The van der Waals surface area contributed by atoms with Crippen molar-refractivity contribution in [1.29, 1.82) is 10.5 Å². The molecule has 0 bridgehead atoms. The Hall–Kier alpha value is -8.56. The van der Waals surface area contributed by atoms with Crippen LogP contribution in [0, 0.1) is 35.8 Å². The van der Waals surface area contributed by atoms with Gasteiger partial charge in [-0.15, -0.1) is 0 Å². The average Bonchev–Trinajstić information content (AvgIpc) is 3.72. The molecular formula is C48H24N6O2. The van der Waals surface area contributed by atoms with Gasteiger partial charge in [0.05, 0.1) is 58.8 Å². The second-order valence-corrected chi connectivity index (χ2v) is 13.3. The average molecular weight is 717 g/mol. The number of hydrogen-bond donors (Lipinski definition) is 0.